The molecule has 1 aliphatic rings. The summed E-state index contributed by atoms with van der Waals surface area (Å²) in [4.78, 5) is 0. The Kier molecular flexibility index (Phi) is 5.39. The highest BCUT2D eigenvalue weighted by Gasteiger charge is 2.32. The van der Waals surface area contributed by atoms with Crippen molar-refractivity contribution in [3.8, 4) is 0 Å². The summed E-state index contributed by atoms with van der Waals surface area (Å²) < 4.78 is 13.2. The predicted molar refractivity (Wildman–Crippen MR) is 86.5 cm³/mol. The topological polar surface area (TPSA) is 38.0 Å². The van der Waals surface area contributed by atoms with Crippen LogP contribution in [0.4, 0.5) is 4.39 Å². The molecule has 0 radical (unpaired) electrons. The zero-order valence-electron chi connectivity index (χ0n) is 13.5. The number of nitrogens with two attached hydrogens (primary N) is 1. The highest BCUT2D eigenvalue weighted by Crippen LogP contribution is 2.35. The molecule has 0 saturated heterocycles. The molecule has 0 bridgehead atoms. The highest BCUT2D eigenvalue weighted by molar-refractivity contribution is 5.22. The van der Waals surface area contributed by atoms with E-state index in [2.05, 4.69) is 26.1 Å². The van der Waals surface area contributed by atoms with Crippen molar-refractivity contribution < 1.29 is 4.39 Å². The number of hydrogen-bond donors (Lipinski definition) is 2. The van der Waals surface area contributed by atoms with Crippen molar-refractivity contribution in [3.63, 3.8) is 0 Å². The van der Waals surface area contributed by atoms with Gasteiger partial charge in [-0.15, -0.1) is 0 Å². The average molecular weight is 292 g/mol. The summed E-state index contributed by atoms with van der Waals surface area (Å²) in [5.41, 5.74) is 7.18. The summed E-state index contributed by atoms with van der Waals surface area (Å²) in [5.74, 6) is 0.382. The summed E-state index contributed by atoms with van der Waals surface area (Å²) in [6.07, 6.45) is 4.97. The Morgan fingerprint density at radius 2 is 1.81 bits per heavy atom. The number of halogens is 1. The molecule has 0 spiro atoms. The van der Waals surface area contributed by atoms with Crippen molar-refractivity contribution in [2.75, 3.05) is 6.54 Å². The van der Waals surface area contributed by atoms with E-state index in [1.54, 1.807) is 12.1 Å². The molecule has 0 aliphatic heterocycles. The van der Waals surface area contributed by atoms with Crippen LogP contribution in [0.2, 0.25) is 0 Å². The molecule has 3 heteroatoms. The van der Waals surface area contributed by atoms with Crippen LogP contribution < -0.4 is 11.1 Å². The van der Waals surface area contributed by atoms with Gasteiger partial charge in [0, 0.05) is 12.1 Å². The molecule has 2 nitrogen and oxygen atoms in total. The quantitative estimate of drug-likeness (QED) is 0.879. The lowest BCUT2D eigenvalue weighted by atomic mass is 9.78. The number of nitrogens with one attached hydrogen (secondary N) is 1. The van der Waals surface area contributed by atoms with Gasteiger partial charge < -0.3 is 11.1 Å². The lowest BCUT2D eigenvalue weighted by molar-refractivity contribution is 0.187. The second-order valence-electron chi connectivity index (χ2n) is 7.40. The first kappa shape index (κ1) is 16.4. The fourth-order valence-corrected chi connectivity index (χ4v) is 3.42. The van der Waals surface area contributed by atoms with E-state index in [-0.39, 0.29) is 17.3 Å². The maximum absolute atomic E-state index is 13.2. The van der Waals surface area contributed by atoms with Crippen molar-refractivity contribution in [3.05, 3.63) is 35.6 Å². The lowest BCUT2D eigenvalue weighted by Gasteiger charge is -2.40. The summed E-state index contributed by atoms with van der Waals surface area (Å²) >= 11 is 0. The summed E-state index contributed by atoms with van der Waals surface area (Å²) in [7, 11) is 0. The predicted octanol–water partition coefficient (Wildman–Crippen LogP) is 4.02. The van der Waals surface area contributed by atoms with Crippen LogP contribution in [0.3, 0.4) is 0 Å². The smallest absolute Gasteiger partial charge is 0.123 e. The molecule has 0 aromatic heterocycles. The van der Waals surface area contributed by atoms with Gasteiger partial charge in [0.25, 0.3) is 0 Å². The molecule has 118 valence electrons. The Morgan fingerprint density at radius 3 is 2.38 bits per heavy atom. The lowest BCUT2D eigenvalue weighted by Crippen LogP contribution is -2.46. The van der Waals surface area contributed by atoms with Gasteiger partial charge in [-0.25, -0.2) is 4.39 Å². The van der Waals surface area contributed by atoms with Crippen LogP contribution in [0, 0.1) is 17.2 Å². The van der Waals surface area contributed by atoms with Crippen molar-refractivity contribution in [2.24, 2.45) is 17.1 Å². The molecular weight excluding hydrogens is 263 g/mol. The van der Waals surface area contributed by atoms with Gasteiger partial charge in [-0.05, 0) is 48.4 Å². The number of hydrogen-bond acceptors (Lipinski definition) is 2. The van der Waals surface area contributed by atoms with Gasteiger partial charge in [-0.3, -0.25) is 0 Å². The fraction of sp³-hybridized carbons (Fsp3) is 0.667. The van der Waals surface area contributed by atoms with E-state index in [4.69, 9.17) is 5.73 Å². The molecule has 1 saturated carbocycles. The molecule has 1 aromatic rings. The molecule has 1 fully saturated rings. The molecule has 0 amide bonds. The normalized spacial score (nSPS) is 24.8. The van der Waals surface area contributed by atoms with Crippen molar-refractivity contribution in [2.45, 2.75) is 58.5 Å². The molecule has 21 heavy (non-hydrogen) atoms. The second kappa shape index (κ2) is 6.89. The van der Waals surface area contributed by atoms with Crippen LogP contribution in [-0.2, 0) is 0 Å². The Hall–Kier alpha value is -0.930. The summed E-state index contributed by atoms with van der Waals surface area (Å²) in [6, 6.07) is 7.60. The minimum atomic E-state index is -0.177. The molecule has 2 rings (SSSR count). The Labute approximate surface area is 128 Å². The average Bonchev–Trinajstić information content (AvgIpc) is 2.45. The van der Waals surface area contributed by atoms with Crippen LogP contribution in [0.5, 0.6) is 0 Å². The van der Waals surface area contributed by atoms with Gasteiger partial charge >= 0.3 is 0 Å². The third-order valence-corrected chi connectivity index (χ3v) is 4.66. The third kappa shape index (κ3) is 4.27. The minimum Gasteiger partial charge on any atom is -0.330 e. The van der Waals surface area contributed by atoms with Gasteiger partial charge in [-0.2, -0.15) is 0 Å². The molecule has 1 aromatic carbocycles. The van der Waals surface area contributed by atoms with E-state index < -0.39 is 0 Å². The second-order valence-corrected chi connectivity index (χ2v) is 7.40. The fourth-order valence-electron chi connectivity index (χ4n) is 3.42. The number of rotatable bonds is 4. The van der Waals surface area contributed by atoms with E-state index in [0.717, 1.165) is 12.1 Å². The summed E-state index contributed by atoms with van der Waals surface area (Å²) in [6.45, 7) is 7.44. The molecule has 0 heterocycles. The van der Waals surface area contributed by atoms with E-state index in [9.17, 15) is 4.39 Å². The zero-order chi connectivity index (χ0) is 15.5. The van der Waals surface area contributed by atoms with Crippen LogP contribution in [0.15, 0.2) is 24.3 Å². The Bertz CT molecular complexity index is 436. The van der Waals surface area contributed by atoms with Crippen molar-refractivity contribution in [1.29, 1.82) is 0 Å². The first-order valence-corrected chi connectivity index (χ1v) is 8.13. The third-order valence-electron chi connectivity index (χ3n) is 4.66. The van der Waals surface area contributed by atoms with Crippen LogP contribution in [-0.4, -0.2) is 12.6 Å². The van der Waals surface area contributed by atoms with Crippen molar-refractivity contribution in [1.82, 2.24) is 5.32 Å². The highest BCUT2D eigenvalue weighted by atomic mass is 19.1. The molecule has 3 atom stereocenters. The molecule has 3 unspecified atom stereocenters. The maximum Gasteiger partial charge on any atom is 0.123 e. The molecular formula is C18H29FN2. The Balaban J connectivity index is 2.18. The monoisotopic (exact) mass is 292 g/mol. The molecule has 1 aliphatic carbocycles. The standard InChI is InChI=1S/C18H29FN2/c1-18(2,3)17(13-8-10-15(19)11-9-13)21-16-7-5-4-6-14(16)12-20/h8-11,14,16-17,21H,4-7,12,20H2,1-3H3. The van der Waals surface area contributed by atoms with Gasteiger partial charge in [0.1, 0.15) is 5.82 Å². The SMILES string of the molecule is CC(C)(C)C(NC1CCCCC1CN)c1ccc(F)cc1. The van der Waals surface area contributed by atoms with Gasteiger partial charge in [0.15, 0.2) is 0 Å². The number of benzene rings is 1. The Morgan fingerprint density at radius 1 is 1.19 bits per heavy atom. The van der Waals surface area contributed by atoms with E-state index in [1.807, 2.05) is 12.1 Å². The zero-order valence-corrected chi connectivity index (χ0v) is 13.5. The van der Waals surface area contributed by atoms with Crippen molar-refractivity contribution >= 4 is 0 Å². The van der Waals surface area contributed by atoms with E-state index in [1.165, 1.54) is 25.7 Å². The molecule has 3 N–H and O–H groups in total. The van der Waals surface area contributed by atoms with Crippen LogP contribution in [0.1, 0.15) is 58.1 Å². The van der Waals surface area contributed by atoms with Crippen LogP contribution >= 0.6 is 0 Å². The van der Waals surface area contributed by atoms with Crippen LogP contribution in [0.25, 0.3) is 0 Å². The van der Waals surface area contributed by atoms with Gasteiger partial charge in [0.2, 0.25) is 0 Å². The van der Waals surface area contributed by atoms with E-state index in [0.29, 0.717) is 12.0 Å². The first-order valence-electron chi connectivity index (χ1n) is 8.13. The first-order chi connectivity index (χ1) is 9.91. The van der Waals surface area contributed by atoms with Gasteiger partial charge in [0.05, 0.1) is 0 Å². The largest absolute Gasteiger partial charge is 0.330 e. The van der Waals surface area contributed by atoms with E-state index >= 15 is 0 Å². The summed E-state index contributed by atoms with van der Waals surface area (Å²) in [5, 5.41) is 3.83. The minimum absolute atomic E-state index is 0.0778. The van der Waals surface area contributed by atoms with Gasteiger partial charge in [-0.1, -0.05) is 45.7 Å². The maximum atomic E-state index is 13.2.